The van der Waals surface area contributed by atoms with Crippen LogP contribution in [-0.2, 0) is 11.3 Å². The van der Waals surface area contributed by atoms with Crippen LogP contribution in [0.2, 0.25) is 0 Å². The minimum atomic E-state index is 0.400. The van der Waals surface area contributed by atoms with E-state index in [4.69, 9.17) is 4.74 Å². The highest BCUT2D eigenvalue weighted by atomic mass is 32.1. The van der Waals surface area contributed by atoms with Crippen molar-refractivity contribution in [2.24, 2.45) is 0 Å². The fourth-order valence-electron chi connectivity index (χ4n) is 2.50. The van der Waals surface area contributed by atoms with Gasteiger partial charge < -0.3 is 14.5 Å². The number of aromatic nitrogens is 6. The van der Waals surface area contributed by atoms with E-state index in [0.717, 1.165) is 34.7 Å². The van der Waals surface area contributed by atoms with Gasteiger partial charge in [-0.15, -0.1) is 25.5 Å². The van der Waals surface area contributed by atoms with Crippen LogP contribution in [0.1, 0.15) is 5.01 Å². The fourth-order valence-corrected chi connectivity index (χ4v) is 3.34. The van der Waals surface area contributed by atoms with Gasteiger partial charge in [0.05, 0.1) is 6.04 Å². The first kappa shape index (κ1) is 14.3. The van der Waals surface area contributed by atoms with Gasteiger partial charge >= 0.3 is 0 Å². The predicted molar refractivity (Wildman–Crippen MR) is 85.8 cm³/mol. The summed E-state index contributed by atoms with van der Waals surface area (Å²) >= 11 is 1.57. The molecule has 3 aromatic rings. The zero-order valence-electron chi connectivity index (χ0n) is 12.8. The lowest BCUT2D eigenvalue weighted by Gasteiger charge is -2.44. The standard InChI is InChI=1S/C13H16N8OS/c1-19(13-17-16-12(23-13)7-22-2)9-5-20(6-9)11-4-3-10-15-14-8-21(10)18-11/h3-4,8-9H,5-7H2,1-2H3. The number of anilines is 2. The van der Waals surface area contributed by atoms with E-state index in [1.54, 1.807) is 29.3 Å². The molecule has 1 saturated heterocycles. The maximum Gasteiger partial charge on any atom is 0.208 e. The van der Waals surface area contributed by atoms with Gasteiger partial charge in [-0.2, -0.15) is 4.52 Å². The van der Waals surface area contributed by atoms with Gasteiger partial charge in [0.2, 0.25) is 5.13 Å². The quantitative estimate of drug-likeness (QED) is 0.666. The van der Waals surface area contributed by atoms with Crippen LogP contribution in [0.15, 0.2) is 18.5 Å². The fraction of sp³-hybridized carbons (Fsp3) is 0.462. The summed E-state index contributed by atoms with van der Waals surface area (Å²) in [5.74, 6) is 0.930. The summed E-state index contributed by atoms with van der Waals surface area (Å²) in [5, 5.41) is 22.5. The van der Waals surface area contributed by atoms with Crippen molar-refractivity contribution in [3.05, 3.63) is 23.5 Å². The Balaban J connectivity index is 1.41. The first-order valence-electron chi connectivity index (χ1n) is 7.21. The summed E-state index contributed by atoms with van der Waals surface area (Å²) in [5.41, 5.74) is 0.752. The summed E-state index contributed by atoms with van der Waals surface area (Å²) in [6.45, 7) is 2.30. The predicted octanol–water partition coefficient (Wildman–Crippen LogP) is 0.447. The molecule has 0 saturated carbocycles. The van der Waals surface area contributed by atoms with Crippen LogP contribution in [0.3, 0.4) is 0 Å². The van der Waals surface area contributed by atoms with Gasteiger partial charge in [0, 0.05) is 27.2 Å². The van der Waals surface area contributed by atoms with E-state index in [1.807, 2.05) is 12.1 Å². The second-order valence-corrected chi connectivity index (χ2v) is 6.45. The third-order valence-corrected chi connectivity index (χ3v) is 4.89. The zero-order chi connectivity index (χ0) is 15.8. The third kappa shape index (κ3) is 2.59. The van der Waals surface area contributed by atoms with Crippen molar-refractivity contribution in [2.75, 3.05) is 37.0 Å². The number of hydrogen-bond acceptors (Lipinski definition) is 9. The number of rotatable bonds is 5. The Kier molecular flexibility index (Phi) is 3.54. The van der Waals surface area contributed by atoms with Crippen LogP contribution in [0.4, 0.5) is 10.9 Å². The molecule has 23 heavy (non-hydrogen) atoms. The summed E-state index contributed by atoms with van der Waals surface area (Å²) < 4.78 is 6.77. The Bertz CT molecular complexity index is 811. The highest BCUT2D eigenvalue weighted by molar-refractivity contribution is 7.15. The molecule has 0 N–H and O–H groups in total. The molecule has 1 fully saturated rings. The van der Waals surface area contributed by atoms with Crippen LogP contribution >= 0.6 is 11.3 Å². The summed E-state index contributed by atoms with van der Waals surface area (Å²) in [7, 11) is 3.71. The van der Waals surface area contributed by atoms with Crippen LogP contribution in [-0.4, -0.2) is 63.3 Å². The summed E-state index contributed by atoms with van der Waals surface area (Å²) in [6.07, 6.45) is 1.61. The van der Waals surface area contributed by atoms with Crippen LogP contribution in [0.25, 0.3) is 5.65 Å². The van der Waals surface area contributed by atoms with Crippen LogP contribution in [0.5, 0.6) is 0 Å². The first-order chi connectivity index (χ1) is 11.2. The van der Waals surface area contributed by atoms with E-state index in [-0.39, 0.29) is 0 Å². The lowest BCUT2D eigenvalue weighted by atomic mass is 10.1. The molecular weight excluding hydrogens is 316 g/mol. The molecule has 3 aromatic heterocycles. The molecule has 1 aliphatic heterocycles. The minimum Gasteiger partial charge on any atom is -0.377 e. The molecule has 0 atom stereocenters. The number of fused-ring (bicyclic) bond motifs is 1. The van der Waals surface area contributed by atoms with Crippen LogP contribution < -0.4 is 9.80 Å². The molecule has 10 heteroatoms. The van der Waals surface area contributed by atoms with Crippen molar-refractivity contribution in [1.82, 2.24) is 30.0 Å². The SMILES string of the molecule is COCc1nnc(N(C)C2CN(c3ccc4nncn4n3)C2)s1. The second-order valence-electron chi connectivity index (χ2n) is 5.41. The Labute approximate surface area is 136 Å². The summed E-state index contributed by atoms with van der Waals surface area (Å²) in [6, 6.07) is 4.30. The van der Waals surface area contributed by atoms with Crippen molar-refractivity contribution < 1.29 is 4.74 Å². The molecule has 0 aliphatic carbocycles. The van der Waals surface area contributed by atoms with E-state index in [1.165, 1.54) is 0 Å². The molecular formula is C13H16N8OS. The van der Waals surface area contributed by atoms with E-state index < -0.39 is 0 Å². The maximum atomic E-state index is 5.09. The number of likely N-dealkylation sites (N-methyl/N-ethyl adjacent to an activating group) is 1. The normalized spacial score (nSPS) is 15.1. The monoisotopic (exact) mass is 332 g/mol. The van der Waals surface area contributed by atoms with Gasteiger partial charge in [-0.1, -0.05) is 11.3 Å². The molecule has 4 rings (SSSR count). The largest absolute Gasteiger partial charge is 0.377 e. The van der Waals surface area contributed by atoms with Crippen molar-refractivity contribution in [1.29, 1.82) is 0 Å². The Morgan fingerprint density at radius 2 is 2.17 bits per heavy atom. The van der Waals surface area contributed by atoms with Gasteiger partial charge in [0.25, 0.3) is 0 Å². The number of ether oxygens (including phenoxy) is 1. The molecule has 0 unspecified atom stereocenters. The van der Waals surface area contributed by atoms with E-state index in [9.17, 15) is 0 Å². The van der Waals surface area contributed by atoms with Gasteiger partial charge in [-0.3, -0.25) is 0 Å². The third-order valence-electron chi connectivity index (χ3n) is 3.91. The molecule has 120 valence electrons. The van der Waals surface area contributed by atoms with Crippen LogP contribution in [0, 0.1) is 0 Å². The van der Waals surface area contributed by atoms with Gasteiger partial charge in [0.1, 0.15) is 23.8 Å². The van der Waals surface area contributed by atoms with E-state index in [0.29, 0.717) is 12.6 Å². The Morgan fingerprint density at radius 3 is 3.00 bits per heavy atom. The minimum absolute atomic E-state index is 0.400. The second kappa shape index (κ2) is 5.70. The molecule has 9 nitrogen and oxygen atoms in total. The zero-order valence-corrected chi connectivity index (χ0v) is 13.6. The molecule has 1 aliphatic rings. The van der Waals surface area contributed by atoms with Crippen molar-refractivity contribution in [3.63, 3.8) is 0 Å². The maximum absolute atomic E-state index is 5.09. The molecule has 0 amide bonds. The number of methoxy groups -OCH3 is 1. The van der Waals surface area contributed by atoms with Gasteiger partial charge in [0.15, 0.2) is 5.65 Å². The topological polar surface area (TPSA) is 84.6 Å². The molecule has 0 bridgehead atoms. The molecule has 4 heterocycles. The Hall–Kier alpha value is -2.33. The molecule has 0 spiro atoms. The molecule has 0 aromatic carbocycles. The van der Waals surface area contributed by atoms with Gasteiger partial charge in [-0.25, -0.2) is 0 Å². The van der Waals surface area contributed by atoms with E-state index in [2.05, 4.69) is 42.3 Å². The first-order valence-corrected chi connectivity index (χ1v) is 8.02. The van der Waals surface area contributed by atoms with Gasteiger partial charge in [-0.05, 0) is 12.1 Å². The Morgan fingerprint density at radius 1 is 1.30 bits per heavy atom. The average Bonchev–Trinajstić information content (AvgIpc) is 3.14. The van der Waals surface area contributed by atoms with E-state index >= 15 is 0 Å². The highest BCUT2D eigenvalue weighted by Gasteiger charge is 2.32. The number of nitrogens with zero attached hydrogens (tertiary/aromatic N) is 8. The molecule has 0 radical (unpaired) electrons. The lowest BCUT2D eigenvalue weighted by Crippen LogP contribution is -2.59. The number of hydrogen-bond donors (Lipinski definition) is 0. The lowest BCUT2D eigenvalue weighted by molar-refractivity contribution is 0.184. The van der Waals surface area contributed by atoms with Crippen molar-refractivity contribution in [3.8, 4) is 0 Å². The van der Waals surface area contributed by atoms with Crippen molar-refractivity contribution >= 4 is 27.9 Å². The average molecular weight is 332 g/mol. The smallest absolute Gasteiger partial charge is 0.208 e. The highest BCUT2D eigenvalue weighted by Crippen LogP contribution is 2.27. The van der Waals surface area contributed by atoms with Crippen molar-refractivity contribution in [2.45, 2.75) is 12.6 Å². The summed E-state index contributed by atoms with van der Waals surface area (Å²) in [4.78, 5) is 4.39.